The number of phosphoric acid groups is 1. The van der Waals surface area contributed by atoms with Gasteiger partial charge in [0, 0.05) is 6.54 Å². The van der Waals surface area contributed by atoms with Crippen LogP contribution in [0.2, 0.25) is 0 Å². The molecule has 0 spiro atoms. The SMILES string of the molecule is CCCCCCCCCCCCC/C=C/C(O)C(COP(=O)(O)OCCN)NC(=O)CC(O)CCCCCCCCCCCC. The zero-order valence-corrected chi connectivity index (χ0v) is 29.9. The van der Waals surface area contributed by atoms with Gasteiger partial charge in [-0.15, -0.1) is 0 Å². The number of nitrogens with one attached hydrogen (secondary N) is 1. The Morgan fingerprint density at radius 2 is 1.22 bits per heavy atom. The van der Waals surface area contributed by atoms with Crippen molar-refractivity contribution in [3.05, 3.63) is 12.2 Å². The van der Waals surface area contributed by atoms with Crippen LogP contribution in [0.1, 0.15) is 168 Å². The lowest BCUT2D eigenvalue weighted by Gasteiger charge is -2.24. The molecule has 9 nitrogen and oxygen atoms in total. The number of aliphatic hydroxyl groups is 2. The molecular formula is C35H71N2O7P. The van der Waals surface area contributed by atoms with Crippen molar-refractivity contribution in [3.63, 3.8) is 0 Å². The van der Waals surface area contributed by atoms with E-state index < -0.39 is 38.6 Å². The zero-order chi connectivity index (χ0) is 33.4. The van der Waals surface area contributed by atoms with Gasteiger partial charge in [0.15, 0.2) is 0 Å². The number of aliphatic hydroxyl groups excluding tert-OH is 2. The third kappa shape index (κ3) is 30.3. The van der Waals surface area contributed by atoms with Crippen LogP contribution in [0.15, 0.2) is 12.2 Å². The van der Waals surface area contributed by atoms with Crippen LogP contribution in [0.25, 0.3) is 0 Å². The van der Waals surface area contributed by atoms with E-state index in [9.17, 15) is 24.5 Å². The highest BCUT2D eigenvalue weighted by Crippen LogP contribution is 2.43. The lowest BCUT2D eigenvalue weighted by molar-refractivity contribution is -0.124. The largest absolute Gasteiger partial charge is 0.472 e. The number of carbonyl (C=O) groups is 1. The number of amides is 1. The summed E-state index contributed by atoms with van der Waals surface area (Å²) in [5.74, 6) is -0.448. The smallest absolute Gasteiger partial charge is 0.393 e. The fourth-order valence-corrected chi connectivity index (χ4v) is 6.11. The molecule has 10 heteroatoms. The van der Waals surface area contributed by atoms with Gasteiger partial charge in [-0.2, -0.15) is 0 Å². The predicted octanol–water partition coefficient (Wildman–Crippen LogP) is 8.24. The maximum Gasteiger partial charge on any atom is 0.472 e. The molecule has 0 saturated heterocycles. The number of allylic oxidation sites excluding steroid dienone is 1. The van der Waals surface area contributed by atoms with Gasteiger partial charge in [0.25, 0.3) is 0 Å². The van der Waals surface area contributed by atoms with E-state index >= 15 is 0 Å². The van der Waals surface area contributed by atoms with Crippen molar-refractivity contribution in [2.45, 2.75) is 186 Å². The average Bonchev–Trinajstić information content (AvgIpc) is 3.01. The normalized spacial score (nSPS) is 15.2. The van der Waals surface area contributed by atoms with Crippen molar-refractivity contribution < 1.29 is 33.5 Å². The van der Waals surface area contributed by atoms with Crippen molar-refractivity contribution in [2.24, 2.45) is 5.73 Å². The Kier molecular flexibility index (Phi) is 31.2. The van der Waals surface area contributed by atoms with Crippen LogP contribution >= 0.6 is 7.82 Å². The van der Waals surface area contributed by atoms with Crippen LogP contribution in [0.5, 0.6) is 0 Å². The summed E-state index contributed by atoms with van der Waals surface area (Å²) >= 11 is 0. The van der Waals surface area contributed by atoms with Crippen molar-refractivity contribution in [2.75, 3.05) is 19.8 Å². The van der Waals surface area contributed by atoms with Gasteiger partial charge in [0.2, 0.25) is 5.91 Å². The van der Waals surface area contributed by atoms with E-state index in [-0.39, 0.29) is 19.6 Å². The summed E-state index contributed by atoms with van der Waals surface area (Å²) < 4.78 is 21.9. The van der Waals surface area contributed by atoms with Gasteiger partial charge < -0.3 is 26.2 Å². The van der Waals surface area contributed by atoms with Crippen LogP contribution in [-0.4, -0.2) is 59.0 Å². The topological polar surface area (TPSA) is 151 Å². The molecule has 0 fully saturated rings. The van der Waals surface area contributed by atoms with E-state index in [0.717, 1.165) is 38.5 Å². The first-order valence-electron chi connectivity index (χ1n) is 18.4. The summed E-state index contributed by atoms with van der Waals surface area (Å²) in [6.07, 6.45) is 28.6. The van der Waals surface area contributed by atoms with Crippen LogP contribution in [0.4, 0.5) is 0 Å². The third-order valence-electron chi connectivity index (χ3n) is 8.17. The second-order valence-electron chi connectivity index (χ2n) is 12.6. The first kappa shape index (κ1) is 44.2. The molecule has 0 heterocycles. The number of hydrogen-bond donors (Lipinski definition) is 5. The summed E-state index contributed by atoms with van der Waals surface area (Å²) in [4.78, 5) is 22.6. The second kappa shape index (κ2) is 31.8. The van der Waals surface area contributed by atoms with Crippen LogP contribution in [0.3, 0.4) is 0 Å². The zero-order valence-electron chi connectivity index (χ0n) is 29.0. The lowest BCUT2D eigenvalue weighted by atomic mass is 10.0. The van der Waals surface area contributed by atoms with E-state index in [1.54, 1.807) is 6.08 Å². The molecule has 0 aliphatic carbocycles. The minimum Gasteiger partial charge on any atom is -0.393 e. The molecule has 4 atom stereocenters. The summed E-state index contributed by atoms with van der Waals surface area (Å²) in [7, 11) is -4.38. The first-order chi connectivity index (χ1) is 21.8. The highest BCUT2D eigenvalue weighted by Gasteiger charge is 2.27. The van der Waals surface area contributed by atoms with Gasteiger partial charge in [-0.1, -0.05) is 154 Å². The van der Waals surface area contributed by atoms with Crippen molar-refractivity contribution >= 4 is 13.7 Å². The molecule has 0 aromatic carbocycles. The summed E-state index contributed by atoms with van der Waals surface area (Å²) in [5, 5.41) is 23.8. The molecule has 0 saturated carbocycles. The van der Waals surface area contributed by atoms with Crippen LogP contribution in [0, 0.1) is 0 Å². The number of rotatable bonds is 34. The van der Waals surface area contributed by atoms with Gasteiger partial charge in [-0.05, 0) is 19.3 Å². The van der Waals surface area contributed by atoms with Gasteiger partial charge in [-0.3, -0.25) is 13.8 Å². The van der Waals surface area contributed by atoms with Gasteiger partial charge >= 0.3 is 7.82 Å². The molecule has 0 aromatic heterocycles. The molecule has 0 rings (SSSR count). The molecule has 45 heavy (non-hydrogen) atoms. The van der Waals surface area contributed by atoms with Gasteiger partial charge in [0.05, 0.1) is 37.9 Å². The highest BCUT2D eigenvalue weighted by atomic mass is 31.2. The summed E-state index contributed by atoms with van der Waals surface area (Å²) in [6.45, 7) is 3.93. The Hall–Kier alpha value is -0.800. The predicted molar refractivity (Wildman–Crippen MR) is 186 cm³/mol. The molecule has 0 radical (unpaired) electrons. The molecule has 4 unspecified atom stereocenters. The van der Waals surface area contributed by atoms with Crippen molar-refractivity contribution in [3.8, 4) is 0 Å². The Morgan fingerprint density at radius 3 is 1.71 bits per heavy atom. The van der Waals surface area contributed by atoms with E-state index in [1.165, 1.54) is 103 Å². The number of carbonyl (C=O) groups excluding carboxylic acids is 1. The van der Waals surface area contributed by atoms with Crippen LogP contribution < -0.4 is 11.1 Å². The second-order valence-corrected chi connectivity index (χ2v) is 14.1. The van der Waals surface area contributed by atoms with E-state index in [4.69, 9.17) is 14.8 Å². The maximum absolute atomic E-state index is 12.7. The number of phosphoric ester groups is 1. The number of nitrogens with two attached hydrogens (primary N) is 1. The molecule has 0 aliphatic heterocycles. The summed E-state index contributed by atoms with van der Waals surface area (Å²) in [5.41, 5.74) is 5.33. The fraction of sp³-hybridized carbons (Fsp3) is 0.914. The van der Waals surface area contributed by atoms with Crippen LogP contribution in [-0.2, 0) is 18.4 Å². The molecule has 1 amide bonds. The Bertz CT molecular complexity index is 741. The van der Waals surface area contributed by atoms with Gasteiger partial charge in [-0.25, -0.2) is 4.57 Å². The molecule has 0 bridgehead atoms. The minimum absolute atomic E-state index is 0.0510. The molecule has 6 N–H and O–H groups in total. The maximum atomic E-state index is 12.7. The standard InChI is InChI=1S/C35H71N2O7P/c1-3-5-7-9-11-13-15-16-17-19-21-23-25-27-34(39)33(31-44-45(41,42)43-29-28-36)37-35(40)30-32(38)26-24-22-20-18-14-12-10-8-6-4-2/h25,27,32-34,38-39H,3-24,26,28-31,36H2,1-2H3,(H,37,40)(H,41,42)/b27-25+. The van der Waals surface area contributed by atoms with Crippen molar-refractivity contribution in [1.82, 2.24) is 5.32 Å². The molecule has 268 valence electrons. The Labute approximate surface area is 276 Å². The molecule has 0 aliphatic rings. The summed E-state index contributed by atoms with van der Waals surface area (Å²) in [6, 6.07) is -0.974. The monoisotopic (exact) mass is 662 g/mol. The Morgan fingerprint density at radius 1 is 0.756 bits per heavy atom. The van der Waals surface area contributed by atoms with Gasteiger partial charge in [0.1, 0.15) is 0 Å². The Balaban J connectivity index is 4.47. The van der Waals surface area contributed by atoms with E-state index in [2.05, 4.69) is 19.2 Å². The third-order valence-corrected chi connectivity index (χ3v) is 9.15. The average molecular weight is 663 g/mol. The molecular weight excluding hydrogens is 591 g/mol. The first-order valence-corrected chi connectivity index (χ1v) is 19.9. The quantitative estimate of drug-likeness (QED) is 0.0263. The van der Waals surface area contributed by atoms with E-state index in [1.807, 2.05) is 6.08 Å². The highest BCUT2D eigenvalue weighted by molar-refractivity contribution is 7.47. The van der Waals surface area contributed by atoms with Crippen molar-refractivity contribution in [1.29, 1.82) is 0 Å². The van der Waals surface area contributed by atoms with E-state index in [0.29, 0.717) is 6.42 Å². The molecule has 0 aromatic rings. The lowest BCUT2D eigenvalue weighted by Crippen LogP contribution is -2.46. The minimum atomic E-state index is -4.38. The fourth-order valence-electron chi connectivity index (χ4n) is 5.35. The number of hydrogen-bond acceptors (Lipinski definition) is 7. The number of unbranched alkanes of at least 4 members (excludes halogenated alkanes) is 20.